The minimum atomic E-state index is -3.58. The molecular formula is C15H23ClFNO2S. The highest BCUT2D eigenvalue weighted by Gasteiger charge is 2.18. The Kier molecular flexibility index (Phi) is 7.63. The average molecular weight is 336 g/mol. The monoisotopic (exact) mass is 335 g/mol. The van der Waals surface area contributed by atoms with Gasteiger partial charge in [0.25, 0.3) is 0 Å². The molecule has 21 heavy (non-hydrogen) atoms. The maximum Gasteiger partial charge on any atom is 0.215 e. The van der Waals surface area contributed by atoms with Crippen molar-refractivity contribution in [1.29, 1.82) is 0 Å². The van der Waals surface area contributed by atoms with Gasteiger partial charge in [0.05, 0.1) is 5.75 Å². The number of nitrogens with one attached hydrogen (secondary N) is 1. The highest BCUT2D eigenvalue weighted by atomic mass is 35.5. The Bertz CT molecular complexity index is 528. The van der Waals surface area contributed by atoms with Crippen LogP contribution in [0.15, 0.2) is 18.2 Å². The largest absolute Gasteiger partial charge is 0.215 e. The van der Waals surface area contributed by atoms with Crippen molar-refractivity contribution in [2.24, 2.45) is 5.92 Å². The number of benzene rings is 1. The molecule has 0 aromatic heterocycles. The second-order valence-corrected chi connectivity index (χ2v) is 7.44. The molecule has 1 atom stereocenters. The first-order valence-corrected chi connectivity index (χ1v) is 9.32. The lowest BCUT2D eigenvalue weighted by molar-refractivity contribution is 0.443. The fourth-order valence-electron chi connectivity index (χ4n) is 2.10. The first kappa shape index (κ1) is 18.4. The zero-order chi connectivity index (χ0) is 15.9. The minimum absolute atomic E-state index is 0.0215. The topological polar surface area (TPSA) is 46.2 Å². The van der Waals surface area contributed by atoms with Gasteiger partial charge in [-0.2, -0.15) is 0 Å². The van der Waals surface area contributed by atoms with E-state index >= 15 is 0 Å². The molecule has 6 heteroatoms. The van der Waals surface area contributed by atoms with E-state index in [1.807, 2.05) is 6.92 Å². The third-order valence-electron chi connectivity index (χ3n) is 3.53. The zero-order valence-electron chi connectivity index (χ0n) is 12.5. The summed E-state index contributed by atoms with van der Waals surface area (Å²) in [5.41, 5.74) is 0.0215. The van der Waals surface area contributed by atoms with E-state index in [1.54, 1.807) is 0 Å². The molecule has 0 aliphatic rings. The summed E-state index contributed by atoms with van der Waals surface area (Å²) in [4.78, 5) is 0. The predicted molar refractivity (Wildman–Crippen MR) is 85.3 cm³/mol. The van der Waals surface area contributed by atoms with Crippen molar-refractivity contribution in [3.63, 3.8) is 0 Å². The van der Waals surface area contributed by atoms with Crippen molar-refractivity contribution in [3.05, 3.63) is 34.6 Å². The summed E-state index contributed by atoms with van der Waals surface area (Å²) in [7, 11) is -3.58. The van der Waals surface area contributed by atoms with Gasteiger partial charge in [-0.15, -0.1) is 0 Å². The van der Waals surface area contributed by atoms with Gasteiger partial charge in [0.15, 0.2) is 0 Å². The van der Waals surface area contributed by atoms with Gasteiger partial charge in [-0.05, 0) is 24.5 Å². The van der Waals surface area contributed by atoms with Crippen LogP contribution in [0.5, 0.6) is 0 Å². The fourth-order valence-corrected chi connectivity index (χ4v) is 3.67. The fraction of sp³-hybridized carbons (Fsp3) is 0.600. The van der Waals surface area contributed by atoms with Crippen molar-refractivity contribution in [1.82, 2.24) is 4.72 Å². The predicted octanol–water partition coefficient (Wildman–Crippen LogP) is 4.11. The summed E-state index contributed by atoms with van der Waals surface area (Å²) in [6, 6.07) is 4.16. The van der Waals surface area contributed by atoms with E-state index in [0.717, 1.165) is 25.7 Å². The molecule has 0 bridgehead atoms. The third-order valence-corrected chi connectivity index (χ3v) is 5.16. The van der Waals surface area contributed by atoms with Gasteiger partial charge in [0.1, 0.15) is 5.82 Å². The van der Waals surface area contributed by atoms with Gasteiger partial charge in [-0.3, -0.25) is 0 Å². The van der Waals surface area contributed by atoms with Gasteiger partial charge >= 0.3 is 0 Å². The summed E-state index contributed by atoms with van der Waals surface area (Å²) in [5.74, 6) is -0.704. The van der Waals surface area contributed by atoms with Crippen molar-refractivity contribution < 1.29 is 12.8 Å². The van der Waals surface area contributed by atoms with Crippen LogP contribution in [-0.4, -0.2) is 15.0 Å². The molecule has 1 N–H and O–H groups in total. The molecule has 0 radical (unpaired) electrons. The molecule has 1 aromatic rings. The molecule has 0 aliphatic carbocycles. The van der Waals surface area contributed by atoms with Crippen LogP contribution in [0, 0.1) is 11.7 Å². The molecule has 0 heterocycles. The summed E-state index contributed by atoms with van der Waals surface area (Å²) in [6.07, 6.45) is 4.09. The van der Waals surface area contributed by atoms with Crippen molar-refractivity contribution in [2.75, 3.05) is 6.54 Å². The second kappa shape index (κ2) is 8.71. The first-order valence-electron chi connectivity index (χ1n) is 7.29. The molecule has 120 valence electrons. The van der Waals surface area contributed by atoms with Crippen LogP contribution < -0.4 is 4.72 Å². The van der Waals surface area contributed by atoms with Crippen LogP contribution in [0.3, 0.4) is 0 Å². The molecule has 1 rings (SSSR count). The molecule has 0 saturated heterocycles. The molecular weight excluding hydrogens is 313 g/mol. The average Bonchev–Trinajstić information content (AvgIpc) is 2.43. The number of hydrogen-bond donors (Lipinski definition) is 1. The Labute approximate surface area is 131 Å². The summed E-state index contributed by atoms with van der Waals surface area (Å²) < 4.78 is 40.3. The van der Waals surface area contributed by atoms with Gasteiger partial charge in [-0.25, -0.2) is 17.5 Å². The Morgan fingerprint density at radius 3 is 2.62 bits per heavy atom. The number of hydrogen-bond acceptors (Lipinski definition) is 2. The Balaban J connectivity index is 2.65. The highest BCUT2D eigenvalue weighted by Crippen LogP contribution is 2.21. The van der Waals surface area contributed by atoms with E-state index in [0.29, 0.717) is 12.5 Å². The van der Waals surface area contributed by atoms with Crippen LogP contribution in [0.4, 0.5) is 4.39 Å². The third kappa shape index (κ3) is 6.32. The van der Waals surface area contributed by atoms with Gasteiger partial charge in [0.2, 0.25) is 10.0 Å². The smallest absolute Gasteiger partial charge is 0.215 e. The lowest BCUT2D eigenvalue weighted by atomic mass is 10.00. The van der Waals surface area contributed by atoms with Gasteiger partial charge < -0.3 is 0 Å². The first-order chi connectivity index (χ1) is 9.89. The van der Waals surface area contributed by atoms with Crippen molar-refractivity contribution >= 4 is 21.6 Å². The van der Waals surface area contributed by atoms with E-state index in [2.05, 4.69) is 11.6 Å². The van der Waals surface area contributed by atoms with E-state index in [1.165, 1.54) is 18.2 Å². The molecule has 0 aliphatic heterocycles. The molecule has 0 spiro atoms. The zero-order valence-corrected chi connectivity index (χ0v) is 14.1. The lowest BCUT2D eigenvalue weighted by Crippen LogP contribution is -2.30. The Morgan fingerprint density at radius 2 is 2.05 bits per heavy atom. The summed E-state index contributed by atoms with van der Waals surface area (Å²) in [6.45, 7) is 4.55. The number of halogens is 2. The lowest BCUT2D eigenvalue weighted by Gasteiger charge is -2.16. The van der Waals surface area contributed by atoms with Crippen LogP contribution in [-0.2, 0) is 15.8 Å². The van der Waals surface area contributed by atoms with Gasteiger partial charge in [-0.1, -0.05) is 50.8 Å². The molecule has 1 aromatic carbocycles. The molecule has 3 nitrogen and oxygen atoms in total. The van der Waals surface area contributed by atoms with E-state index in [9.17, 15) is 12.8 Å². The Hall–Kier alpha value is -0.650. The van der Waals surface area contributed by atoms with Crippen molar-refractivity contribution in [2.45, 2.75) is 45.3 Å². The SMILES string of the molecule is CCCC[C@H](CC)CNS(=O)(=O)Cc1c(F)cccc1Cl. The minimum Gasteiger partial charge on any atom is -0.215 e. The quantitative estimate of drug-likeness (QED) is 0.738. The maximum absolute atomic E-state index is 13.6. The van der Waals surface area contributed by atoms with E-state index in [-0.39, 0.29) is 10.6 Å². The normalized spacial score (nSPS) is 13.3. The number of unbranched alkanes of at least 4 members (excludes halogenated alkanes) is 1. The summed E-state index contributed by atoms with van der Waals surface area (Å²) in [5, 5.41) is 0.137. The van der Waals surface area contributed by atoms with Crippen LogP contribution in [0.2, 0.25) is 5.02 Å². The number of rotatable bonds is 9. The second-order valence-electron chi connectivity index (χ2n) is 5.22. The highest BCUT2D eigenvalue weighted by molar-refractivity contribution is 7.88. The van der Waals surface area contributed by atoms with Gasteiger partial charge in [0, 0.05) is 17.1 Å². The maximum atomic E-state index is 13.6. The molecule has 0 fully saturated rings. The molecule has 0 unspecified atom stereocenters. The van der Waals surface area contributed by atoms with E-state index < -0.39 is 21.6 Å². The molecule has 0 amide bonds. The van der Waals surface area contributed by atoms with Crippen LogP contribution >= 0.6 is 11.6 Å². The summed E-state index contributed by atoms with van der Waals surface area (Å²) >= 11 is 5.86. The molecule has 0 saturated carbocycles. The van der Waals surface area contributed by atoms with Crippen LogP contribution in [0.1, 0.15) is 45.1 Å². The van der Waals surface area contributed by atoms with Crippen molar-refractivity contribution in [3.8, 4) is 0 Å². The Morgan fingerprint density at radius 1 is 1.33 bits per heavy atom. The standard InChI is InChI=1S/C15H23ClFNO2S/c1-3-5-7-12(4-2)10-18-21(19,20)11-13-14(16)8-6-9-15(13)17/h6,8-9,12,18H,3-5,7,10-11H2,1-2H3/t12-/m0/s1. The van der Waals surface area contributed by atoms with Crippen LogP contribution in [0.25, 0.3) is 0 Å². The number of sulfonamides is 1. The van der Waals surface area contributed by atoms with E-state index in [4.69, 9.17) is 11.6 Å².